The van der Waals surface area contributed by atoms with Crippen molar-refractivity contribution in [3.05, 3.63) is 0 Å². The third-order valence-electron chi connectivity index (χ3n) is 5.03. The third kappa shape index (κ3) is 8.19. The smallest absolute Gasteiger partial charge is 0.303 e. The first-order chi connectivity index (χ1) is 10.1. The highest BCUT2D eigenvalue weighted by Gasteiger charge is 2.40. The average molecular weight is 313 g/mol. The Morgan fingerprint density at radius 1 is 1.32 bits per heavy atom. The molecule has 0 amide bonds. The van der Waals surface area contributed by atoms with Crippen LogP contribution in [0.15, 0.2) is 0 Å². The number of unbranched alkanes of at least 4 members (excludes halogenated alkanes) is 1. The van der Waals surface area contributed by atoms with Crippen molar-refractivity contribution in [2.24, 2.45) is 17.3 Å². The van der Waals surface area contributed by atoms with Gasteiger partial charge in [0.05, 0.1) is 0 Å². The molecule has 3 unspecified atom stereocenters. The lowest BCUT2D eigenvalue weighted by molar-refractivity contribution is -0.151. The van der Waals surface area contributed by atoms with Crippen molar-refractivity contribution in [3.8, 4) is 0 Å². The van der Waals surface area contributed by atoms with Crippen LogP contribution in [0.3, 0.4) is 0 Å². The van der Waals surface area contributed by atoms with Crippen LogP contribution in [0.4, 0.5) is 0 Å². The van der Waals surface area contributed by atoms with Gasteiger partial charge in [-0.25, -0.2) is 0 Å². The fourth-order valence-corrected chi connectivity index (χ4v) is 3.75. The topological polar surface area (TPSA) is 26.3 Å². The molecular weight excluding hydrogens is 272 g/mol. The van der Waals surface area contributed by atoms with Gasteiger partial charge in [-0.2, -0.15) is 0 Å². The first kappa shape index (κ1) is 21.5. The lowest BCUT2D eigenvalue weighted by atomic mass is 9.70. The minimum atomic E-state index is -0.328. The number of carbonyl (C=O) groups excluding carboxylic acids is 1. The molecule has 0 bridgehead atoms. The molecule has 3 atom stereocenters. The maximum absolute atomic E-state index is 10.2. The second kappa shape index (κ2) is 9.57. The number of rotatable bonds is 5. The van der Waals surface area contributed by atoms with Gasteiger partial charge in [0.25, 0.3) is 0 Å². The van der Waals surface area contributed by atoms with Crippen LogP contribution in [0.1, 0.15) is 100 Å². The molecule has 2 nitrogen and oxygen atoms in total. The summed E-state index contributed by atoms with van der Waals surface area (Å²) in [7, 11) is 0. The standard InChI is InChI=1S/C14H28.C6H12O2/c1-5-7-9-14(13(4)6-2)10-8-12(3)11-14;1-5(7)8-6(2,3)4/h12-13H,5-11H2,1-4H3;1-4H3. The van der Waals surface area contributed by atoms with Gasteiger partial charge >= 0.3 is 5.97 Å². The van der Waals surface area contributed by atoms with Gasteiger partial charge in [-0.3, -0.25) is 4.79 Å². The summed E-state index contributed by atoms with van der Waals surface area (Å²) >= 11 is 0. The Morgan fingerprint density at radius 3 is 2.18 bits per heavy atom. The molecule has 2 heteroatoms. The van der Waals surface area contributed by atoms with Crippen molar-refractivity contribution < 1.29 is 9.53 Å². The second-order valence-electron chi connectivity index (χ2n) is 8.33. The van der Waals surface area contributed by atoms with E-state index in [0.717, 1.165) is 17.3 Å². The van der Waals surface area contributed by atoms with Crippen molar-refractivity contribution >= 4 is 5.97 Å². The highest BCUT2D eigenvalue weighted by molar-refractivity contribution is 5.66. The van der Waals surface area contributed by atoms with E-state index in [0.29, 0.717) is 0 Å². The van der Waals surface area contributed by atoms with Gasteiger partial charge in [-0.15, -0.1) is 0 Å². The summed E-state index contributed by atoms with van der Waals surface area (Å²) < 4.78 is 4.80. The molecule has 0 aliphatic heterocycles. The fourth-order valence-electron chi connectivity index (χ4n) is 3.75. The largest absolute Gasteiger partial charge is 0.460 e. The fraction of sp³-hybridized carbons (Fsp3) is 0.950. The number of ether oxygens (including phenoxy) is 1. The first-order valence-corrected chi connectivity index (χ1v) is 9.26. The van der Waals surface area contributed by atoms with Crippen LogP contribution in [0, 0.1) is 17.3 Å². The highest BCUT2D eigenvalue weighted by atomic mass is 16.6. The van der Waals surface area contributed by atoms with Gasteiger partial charge in [0, 0.05) is 6.92 Å². The Balaban J connectivity index is 0.000000472. The molecule has 0 spiro atoms. The zero-order valence-electron chi connectivity index (χ0n) is 16.4. The van der Waals surface area contributed by atoms with Gasteiger partial charge in [0.2, 0.25) is 0 Å². The number of carbonyl (C=O) groups is 1. The summed E-state index contributed by atoms with van der Waals surface area (Å²) in [6.07, 6.45) is 10.2. The molecule has 0 saturated heterocycles. The molecular formula is C20H40O2. The predicted molar refractivity (Wildman–Crippen MR) is 95.9 cm³/mol. The number of hydrogen-bond acceptors (Lipinski definition) is 2. The maximum Gasteiger partial charge on any atom is 0.303 e. The Bertz CT molecular complexity index is 316. The van der Waals surface area contributed by atoms with E-state index in [4.69, 9.17) is 4.74 Å². The SMILES string of the molecule is CC(=O)OC(C)(C)C.CCCCC1(C(C)CC)CCC(C)C1. The quantitative estimate of drug-likeness (QED) is 0.551. The van der Waals surface area contributed by atoms with Crippen molar-refractivity contribution in [3.63, 3.8) is 0 Å². The minimum Gasteiger partial charge on any atom is -0.460 e. The molecule has 0 aromatic carbocycles. The van der Waals surface area contributed by atoms with E-state index >= 15 is 0 Å². The Morgan fingerprint density at radius 2 is 1.91 bits per heavy atom. The molecule has 1 rings (SSSR count). The summed E-state index contributed by atoms with van der Waals surface area (Å²) in [4.78, 5) is 10.2. The lowest BCUT2D eigenvalue weighted by Crippen LogP contribution is -2.25. The van der Waals surface area contributed by atoms with E-state index in [-0.39, 0.29) is 11.6 Å². The van der Waals surface area contributed by atoms with E-state index in [1.807, 2.05) is 20.8 Å². The Labute approximate surface area is 139 Å². The Kier molecular flexibility index (Phi) is 9.34. The number of hydrogen-bond donors (Lipinski definition) is 0. The monoisotopic (exact) mass is 312 g/mol. The summed E-state index contributed by atoms with van der Waals surface area (Å²) in [5, 5.41) is 0. The molecule has 1 aliphatic carbocycles. The third-order valence-corrected chi connectivity index (χ3v) is 5.03. The lowest BCUT2D eigenvalue weighted by Gasteiger charge is -2.35. The summed E-state index contributed by atoms with van der Waals surface area (Å²) in [5.74, 6) is 1.71. The molecule has 0 aromatic heterocycles. The number of esters is 1. The molecule has 0 heterocycles. The summed E-state index contributed by atoms with van der Waals surface area (Å²) in [6, 6.07) is 0. The summed E-state index contributed by atoms with van der Waals surface area (Å²) in [6.45, 7) is 16.5. The normalized spacial score (nSPS) is 26.1. The van der Waals surface area contributed by atoms with E-state index in [1.54, 1.807) is 0 Å². The van der Waals surface area contributed by atoms with Gasteiger partial charge < -0.3 is 4.74 Å². The average Bonchev–Trinajstić information content (AvgIpc) is 2.76. The van der Waals surface area contributed by atoms with Crippen LogP contribution in [0.2, 0.25) is 0 Å². The molecule has 1 saturated carbocycles. The van der Waals surface area contributed by atoms with E-state index in [9.17, 15) is 4.79 Å². The van der Waals surface area contributed by atoms with Crippen molar-refractivity contribution in [1.82, 2.24) is 0 Å². The van der Waals surface area contributed by atoms with Gasteiger partial charge in [-0.1, -0.05) is 53.4 Å². The van der Waals surface area contributed by atoms with Crippen LogP contribution >= 0.6 is 0 Å². The zero-order valence-corrected chi connectivity index (χ0v) is 16.4. The van der Waals surface area contributed by atoms with E-state index < -0.39 is 0 Å². The van der Waals surface area contributed by atoms with E-state index in [1.165, 1.54) is 51.9 Å². The van der Waals surface area contributed by atoms with Crippen molar-refractivity contribution in [2.75, 3.05) is 0 Å². The highest BCUT2D eigenvalue weighted by Crippen LogP contribution is 2.51. The van der Waals surface area contributed by atoms with Crippen LogP contribution < -0.4 is 0 Å². The van der Waals surface area contributed by atoms with Crippen LogP contribution in [-0.2, 0) is 9.53 Å². The molecule has 132 valence electrons. The molecule has 0 N–H and O–H groups in total. The van der Waals surface area contributed by atoms with Gasteiger partial charge in [-0.05, 0) is 57.3 Å². The molecule has 1 aliphatic rings. The minimum absolute atomic E-state index is 0.225. The molecule has 22 heavy (non-hydrogen) atoms. The van der Waals surface area contributed by atoms with Gasteiger partial charge in [0.1, 0.15) is 5.60 Å². The first-order valence-electron chi connectivity index (χ1n) is 9.26. The summed E-state index contributed by atoms with van der Waals surface area (Å²) in [5.41, 5.74) is 0.399. The van der Waals surface area contributed by atoms with Crippen molar-refractivity contribution in [1.29, 1.82) is 0 Å². The van der Waals surface area contributed by atoms with Crippen LogP contribution in [-0.4, -0.2) is 11.6 Å². The Hall–Kier alpha value is -0.530. The molecule has 0 aromatic rings. The zero-order chi connectivity index (χ0) is 17.4. The van der Waals surface area contributed by atoms with E-state index in [2.05, 4.69) is 27.7 Å². The van der Waals surface area contributed by atoms with Crippen LogP contribution in [0.5, 0.6) is 0 Å². The molecule has 1 fully saturated rings. The predicted octanol–water partition coefficient (Wildman–Crippen LogP) is 6.38. The second-order valence-corrected chi connectivity index (χ2v) is 8.33. The molecule has 0 radical (unpaired) electrons. The van der Waals surface area contributed by atoms with Crippen molar-refractivity contribution in [2.45, 2.75) is 106 Å². The van der Waals surface area contributed by atoms with Gasteiger partial charge in [0.15, 0.2) is 0 Å². The maximum atomic E-state index is 10.2. The van der Waals surface area contributed by atoms with Crippen LogP contribution in [0.25, 0.3) is 0 Å².